The molecule has 1 aliphatic heterocycles. The number of rotatable bonds is 5. The number of hydrogen-bond donors (Lipinski definition) is 2. The molecule has 1 saturated heterocycles. The van der Waals surface area contributed by atoms with Crippen LogP contribution in [0.15, 0.2) is 77.7 Å². The summed E-state index contributed by atoms with van der Waals surface area (Å²) < 4.78 is 70.0. The van der Waals surface area contributed by atoms with E-state index in [2.05, 4.69) is 63.3 Å². The molecule has 190 valence electrons. The summed E-state index contributed by atoms with van der Waals surface area (Å²) in [6.07, 6.45) is -1.72. The van der Waals surface area contributed by atoms with Crippen molar-refractivity contribution in [3.63, 3.8) is 0 Å². The molecule has 2 N–H and O–H groups in total. The van der Waals surface area contributed by atoms with Crippen LogP contribution in [-0.2, 0) is 22.9 Å². The fourth-order valence-corrected chi connectivity index (χ4v) is 6.70. The van der Waals surface area contributed by atoms with Crippen LogP contribution in [0.4, 0.5) is 13.2 Å². The lowest BCUT2D eigenvalue weighted by atomic mass is 9.79. The molecule has 1 aliphatic carbocycles. The fraction of sp³-hybridized carbons (Fsp3) is 0.333. The first-order valence-electron chi connectivity index (χ1n) is 12.0. The highest BCUT2D eigenvalue weighted by molar-refractivity contribution is 7.89. The van der Waals surface area contributed by atoms with Crippen molar-refractivity contribution in [2.45, 2.75) is 54.9 Å². The van der Waals surface area contributed by atoms with E-state index in [4.69, 9.17) is 0 Å². The first-order chi connectivity index (χ1) is 17.2. The molecule has 1 fully saturated rings. The van der Waals surface area contributed by atoms with Crippen molar-refractivity contribution in [3.8, 4) is 5.75 Å². The Balaban J connectivity index is 1.37. The van der Waals surface area contributed by atoms with Crippen LogP contribution in [0, 0.1) is 0 Å². The van der Waals surface area contributed by atoms with Gasteiger partial charge in [0.1, 0.15) is 5.75 Å². The van der Waals surface area contributed by atoms with Crippen LogP contribution in [0.25, 0.3) is 0 Å². The number of fused-ring (bicyclic) bond motifs is 2. The van der Waals surface area contributed by atoms with Crippen LogP contribution >= 0.6 is 0 Å². The molecule has 36 heavy (non-hydrogen) atoms. The Bertz CT molecular complexity index is 1280. The molecule has 0 bridgehead atoms. The summed E-state index contributed by atoms with van der Waals surface area (Å²) in [6, 6.07) is 20.9. The maximum absolute atomic E-state index is 13.0. The van der Waals surface area contributed by atoms with Crippen LogP contribution in [0.2, 0.25) is 0 Å². The minimum Gasteiger partial charge on any atom is -0.406 e. The molecule has 1 heterocycles. The lowest BCUT2D eigenvalue weighted by Crippen LogP contribution is -2.50. The van der Waals surface area contributed by atoms with Crippen LogP contribution in [0.5, 0.6) is 5.75 Å². The normalized spacial score (nSPS) is 20.8. The summed E-state index contributed by atoms with van der Waals surface area (Å²) in [5, 5.41) is 3.63. The SMILES string of the molecule is O=S(=O)(NC1CCNC(C2c3ccccc3CCc3ccccc32)C1)c1ccc(OC(F)(F)F)cc1. The number of ether oxygens (including phenoxy) is 1. The Morgan fingerprint density at radius 1 is 0.861 bits per heavy atom. The van der Waals surface area contributed by atoms with Crippen molar-refractivity contribution in [2.75, 3.05) is 6.54 Å². The number of benzene rings is 3. The van der Waals surface area contributed by atoms with Gasteiger partial charge in [0, 0.05) is 18.0 Å². The molecule has 5 rings (SSSR count). The monoisotopic (exact) mass is 516 g/mol. The van der Waals surface area contributed by atoms with Gasteiger partial charge in [0.15, 0.2) is 0 Å². The Kier molecular flexibility index (Phi) is 6.80. The van der Waals surface area contributed by atoms with Gasteiger partial charge in [-0.15, -0.1) is 13.2 Å². The number of nitrogens with one attached hydrogen (secondary N) is 2. The molecule has 3 aromatic rings. The van der Waals surface area contributed by atoms with Crippen LogP contribution in [0.3, 0.4) is 0 Å². The maximum Gasteiger partial charge on any atom is 0.573 e. The number of aryl methyl sites for hydroxylation is 2. The molecule has 3 aromatic carbocycles. The highest BCUT2D eigenvalue weighted by atomic mass is 32.2. The van der Waals surface area contributed by atoms with Crippen LogP contribution in [0.1, 0.15) is 41.0 Å². The first kappa shape index (κ1) is 24.8. The number of hydrogen-bond acceptors (Lipinski definition) is 4. The van der Waals surface area contributed by atoms with Gasteiger partial charge >= 0.3 is 6.36 Å². The van der Waals surface area contributed by atoms with Crippen molar-refractivity contribution in [3.05, 3.63) is 95.1 Å². The minimum atomic E-state index is -4.84. The van der Waals surface area contributed by atoms with Gasteiger partial charge in [-0.25, -0.2) is 13.1 Å². The lowest BCUT2D eigenvalue weighted by Gasteiger charge is -2.37. The standard InChI is InChI=1S/C27H27F3N2O3S/c28-27(29,30)35-21-11-13-22(14-12-21)36(33,34)32-20-15-16-31-25(17-20)26-23-7-3-1-5-18(23)9-10-19-6-2-4-8-24(19)26/h1-8,11-14,20,25-26,31-32H,9-10,15-17H2. The van der Waals surface area contributed by atoms with Gasteiger partial charge in [0.2, 0.25) is 10.0 Å². The zero-order valence-electron chi connectivity index (χ0n) is 19.5. The van der Waals surface area contributed by atoms with Gasteiger partial charge in [-0.3, -0.25) is 0 Å². The van der Waals surface area contributed by atoms with Crippen molar-refractivity contribution in [2.24, 2.45) is 0 Å². The molecule has 0 aromatic heterocycles. The van der Waals surface area contributed by atoms with E-state index in [1.807, 2.05) is 0 Å². The van der Waals surface area contributed by atoms with E-state index in [1.165, 1.54) is 22.3 Å². The van der Waals surface area contributed by atoms with E-state index < -0.39 is 22.1 Å². The molecular formula is C27H27F3N2O3S. The highest BCUT2D eigenvalue weighted by Gasteiger charge is 2.35. The van der Waals surface area contributed by atoms with E-state index in [0.717, 1.165) is 37.1 Å². The average Bonchev–Trinajstić information content (AvgIpc) is 3.00. The van der Waals surface area contributed by atoms with Gasteiger partial charge in [-0.1, -0.05) is 48.5 Å². The molecule has 2 atom stereocenters. The van der Waals surface area contributed by atoms with E-state index >= 15 is 0 Å². The van der Waals surface area contributed by atoms with Gasteiger partial charge in [-0.05, 0) is 78.7 Å². The van der Waals surface area contributed by atoms with E-state index in [-0.39, 0.29) is 22.9 Å². The summed E-state index contributed by atoms with van der Waals surface area (Å²) in [5.41, 5.74) is 5.15. The molecule has 2 unspecified atom stereocenters. The van der Waals surface area contributed by atoms with Crippen molar-refractivity contribution in [1.82, 2.24) is 10.0 Å². The Labute approximate surface area is 208 Å². The Morgan fingerprint density at radius 2 is 1.44 bits per heavy atom. The third-order valence-electron chi connectivity index (χ3n) is 6.97. The van der Waals surface area contributed by atoms with Crippen LogP contribution < -0.4 is 14.8 Å². The minimum absolute atomic E-state index is 0.0226. The molecule has 0 saturated carbocycles. The van der Waals surface area contributed by atoms with E-state index in [0.29, 0.717) is 19.4 Å². The second kappa shape index (κ2) is 9.88. The van der Waals surface area contributed by atoms with Gasteiger partial charge in [0.25, 0.3) is 0 Å². The zero-order valence-corrected chi connectivity index (χ0v) is 20.3. The predicted octanol–water partition coefficient (Wildman–Crippen LogP) is 4.91. The molecule has 2 aliphatic rings. The molecule has 0 amide bonds. The zero-order chi connectivity index (χ0) is 25.3. The molecule has 0 radical (unpaired) electrons. The van der Waals surface area contributed by atoms with Gasteiger partial charge in [-0.2, -0.15) is 0 Å². The second-order valence-corrected chi connectivity index (χ2v) is 11.0. The Morgan fingerprint density at radius 3 is 2.03 bits per heavy atom. The number of piperidine rings is 1. The largest absolute Gasteiger partial charge is 0.573 e. The maximum atomic E-state index is 13.0. The van der Waals surface area contributed by atoms with E-state index in [1.54, 1.807) is 0 Å². The van der Waals surface area contributed by atoms with Gasteiger partial charge in [0.05, 0.1) is 4.90 Å². The van der Waals surface area contributed by atoms with Crippen molar-refractivity contribution in [1.29, 1.82) is 0 Å². The highest BCUT2D eigenvalue weighted by Crippen LogP contribution is 2.38. The third-order valence-corrected chi connectivity index (χ3v) is 8.51. The Hall–Kier alpha value is -2.88. The topological polar surface area (TPSA) is 67.4 Å². The molecule has 9 heteroatoms. The smallest absolute Gasteiger partial charge is 0.406 e. The predicted molar refractivity (Wildman–Crippen MR) is 130 cm³/mol. The average molecular weight is 517 g/mol. The first-order valence-corrected chi connectivity index (χ1v) is 13.4. The van der Waals surface area contributed by atoms with E-state index in [9.17, 15) is 21.6 Å². The molecule has 5 nitrogen and oxygen atoms in total. The summed E-state index contributed by atoms with van der Waals surface area (Å²) in [7, 11) is -3.92. The second-order valence-electron chi connectivity index (χ2n) is 9.30. The van der Waals surface area contributed by atoms with Crippen LogP contribution in [-0.4, -0.2) is 33.4 Å². The summed E-state index contributed by atoms with van der Waals surface area (Å²) >= 11 is 0. The third kappa shape index (κ3) is 5.43. The summed E-state index contributed by atoms with van der Waals surface area (Å²) in [4.78, 5) is -0.0998. The van der Waals surface area contributed by atoms with Crippen molar-refractivity contribution >= 4 is 10.0 Å². The summed E-state index contributed by atoms with van der Waals surface area (Å²) in [6.45, 7) is 0.650. The molecular weight excluding hydrogens is 489 g/mol. The number of halogens is 3. The number of sulfonamides is 1. The van der Waals surface area contributed by atoms with Crippen molar-refractivity contribution < 1.29 is 26.3 Å². The fourth-order valence-electron chi connectivity index (χ4n) is 5.42. The quantitative estimate of drug-likeness (QED) is 0.506. The summed E-state index contributed by atoms with van der Waals surface area (Å²) in [5.74, 6) is -0.375. The molecule has 0 spiro atoms. The number of alkyl halides is 3. The lowest BCUT2D eigenvalue weighted by molar-refractivity contribution is -0.274. The van der Waals surface area contributed by atoms with Gasteiger partial charge < -0.3 is 10.1 Å².